The number of para-hydroxylation sites is 1. The standard InChI is InChI=1S/C16H21NO3/c1-4-17(11(2)9-16(18)19)10-14-12(3)20-15-8-6-5-7-13(14)15/h5-8,11H,4,9-10H2,1-3H3,(H,18,19). The predicted octanol–water partition coefficient (Wildman–Crippen LogP) is 3.43. The van der Waals surface area contributed by atoms with E-state index in [1.54, 1.807) is 0 Å². The molecule has 20 heavy (non-hydrogen) atoms. The Hall–Kier alpha value is -1.81. The molecule has 1 atom stereocenters. The number of hydrogen-bond donors (Lipinski definition) is 1. The lowest BCUT2D eigenvalue weighted by Gasteiger charge is -2.26. The second kappa shape index (κ2) is 6.09. The maximum Gasteiger partial charge on any atom is 0.304 e. The van der Waals surface area contributed by atoms with Gasteiger partial charge in [0, 0.05) is 23.5 Å². The van der Waals surface area contributed by atoms with Crippen LogP contribution in [0.25, 0.3) is 11.0 Å². The van der Waals surface area contributed by atoms with Crippen molar-refractivity contribution in [3.8, 4) is 0 Å². The fraction of sp³-hybridized carbons (Fsp3) is 0.438. The van der Waals surface area contributed by atoms with Gasteiger partial charge in [-0.15, -0.1) is 0 Å². The number of fused-ring (bicyclic) bond motifs is 1. The van der Waals surface area contributed by atoms with E-state index in [-0.39, 0.29) is 12.5 Å². The summed E-state index contributed by atoms with van der Waals surface area (Å²) in [6.07, 6.45) is 0.155. The van der Waals surface area contributed by atoms with Crippen LogP contribution in [0, 0.1) is 6.92 Å². The fourth-order valence-electron chi connectivity index (χ4n) is 2.58. The Morgan fingerprint density at radius 3 is 2.75 bits per heavy atom. The SMILES string of the molecule is CCN(Cc1c(C)oc2ccccc12)C(C)CC(=O)O. The molecule has 0 bridgehead atoms. The van der Waals surface area contributed by atoms with E-state index in [1.165, 1.54) is 0 Å². The molecule has 4 nitrogen and oxygen atoms in total. The smallest absolute Gasteiger partial charge is 0.304 e. The number of furan rings is 1. The highest BCUT2D eigenvalue weighted by Gasteiger charge is 2.19. The average molecular weight is 275 g/mol. The molecule has 0 radical (unpaired) electrons. The molecule has 1 aromatic heterocycles. The van der Waals surface area contributed by atoms with Crippen molar-refractivity contribution in [3.05, 3.63) is 35.6 Å². The maximum absolute atomic E-state index is 10.9. The first kappa shape index (κ1) is 14.6. The van der Waals surface area contributed by atoms with Gasteiger partial charge in [-0.1, -0.05) is 25.1 Å². The molecule has 2 aromatic rings. The van der Waals surface area contributed by atoms with Crippen LogP contribution >= 0.6 is 0 Å². The highest BCUT2D eigenvalue weighted by atomic mass is 16.4. The van der Waals surface area contributed by atoms with Crippen molar-refractivity contribution in [2.24, 2.45) is 0 Å². The van der Waals surface area contributed by atoms with E-state index in [0.29, 0.717) is 6.54 Å². The van der Waals surface area contributed by atoms with Gasteiger partial charge >= 0.3 is 5.97 Å². The van der Waals surface area contributed by atoms with Crippen LogP contribution in [0.15, 0.2) is 28.7 Å². The zero-order chi connectivity index (χ0) is 14.7. The topological polar surface area (TPSA) is 53.7 Å². The summed E-state index contributed by atoms with van der Waals surface area (Å²) < 4.78 is 5.76. The second-order valence-corrected chi connectivity index (χ2v) is 5.14. The van der Waals surface area contributed by atoms with Crippen molar-refractivity contribution in [2.45, 2.75) is 39.8 Å². The molecule has 0 saturated heterocycles. The van der Waals surface area contributed by atoms with Gasteiger partial charge in [-0.3, -0.25) is 9.69 Å². The summed E-state index contributed by atoms with van der Waals surface area (Å²) in [6, 6.07) is 7.97. The maximum atomic E-state index is 10.9. The Morgan fingerprint density at radius 1 is 1.40 bits per heavy atom. The Balaban J connectivity index is 2.25. The summed E-state index contributed by atoms with van der Waals surface area (Å²) in [5, 5.41) is 10.1. The third-order valence-electron chi connectivity index (χ3n) is 3.76. The molecule has 4 heteroatoms. The largest absolute Gasteiger partial charge is 0.481 e. The Labute approximate surface area is 119 Å². The van der Waals surface area contributed by atoms with E-state index in [4.69, 9.17) is 9.52 Å². The summed E-state index contributed by atoms with van der Waals surface area (Å²) in [4.78, 5) is 13.0. The lowest BCUT2D eigenvalue weighted by atomic mass is 10.1. The van der Waals surface area contributed by atoms with Crippen LogP contribution in [0.4, 0.5) is 0 Å². The molecule has 0 spiro atoms. The van der Waals surface area contributed by atoms with Crippen molar-refractivity contribution in [2.75, 3.05) is 6.54 Å². The summed E-state index contributed by atoms with van der Waals surface area (Å²) in [7, 11) is 0. The molecule has 0 fully saturated rings. The first-order valence-corrected chi connectivity index (χ1v) is 6.95. The number of benzene rings is 1. The summed E-state index contributed by atoms with van der Waals surface area (Å²) in [5.74, 6) is 0.150. The van der Waals surface area contributed by atoms with E-state index in [1.807, 2.05) is 32.0 Å². The van der Waals surface area contributed by atoms with Crippen molar-refractivity contribution in [3.63, 3.8) is 0 Å². The van der Waals surface area contributed by atoms with Crippen LogP contribution in [0.1, 0.15) is 31.6 Å². The molecule has 108 valence electrons. The minimum Gasteiger partial charge on any atom is -0.481 e. The van der Waals surface area contributed by atoms with Crippen molar-refractivity contribution in [1.29, 1.82) is 0 Å². The third kappa shape index (κ3) is 3.02. The number of carbonyl (C=O) groups is 1. The lowest BCUT2D eigenvalue weighted by molar-refractivity contribution is -0.138. The van der Waals surface area contributed by atoms with Crippen LogP contribution in [-0.4, -0.2) is 28.6 Å². The quantitative estimate of drug-likeness (QED) is 0.877. The van der Waals surface area contributed by atoms with Gasteiger partial charge in [-0.2, -0.15) is 0 Å². The molecule has 0 saturated carbocycles. The second-order valence-electron chi connectivity index (χ2n) is 5.14. The predicted molar refractivity (Wildman–Crippen MR) is 78.7 cm³/mol. The summed E-state index contributed by atoms with van der Waals surface area (Å²) in [6.45, 7) is 7.50. The summed E-state index contributed by atoms with van der Waals surface area (Å²) >= 11 is 0. The van der Waals surface area contributed by atoms with Crippen LogP contribution in [0.2, 0.25) is 0 Å². The highest BCUT2D eigenvalue weighted by Crippen LogP contribution is 2.27. The monoisotopic (exact) mass is 275 g/mol. The molecular weight excluding hydrogens is 254 g/mol. The van der Waals surface area contributed by atoms with E-state index in [0.717, 1.165) is 28.8 Å². The molecule has 1 aromatic carbocycles. The fourth-order valence-corrected chi connectivity index (χ4v) is 2.58. The molecule has 0 aliphatic rings. The molecule has 0 aliphatic carbocycles. The first-order valence-electron chi connectivity index (χ1n) is 6.95. The van der Waals surface area contributed by atoms with Gasteiger partial charge < -0.3 is 9.52 Å². The van der Waals surface area contributed by atoms with E-state index >= 15 is 0 Å². The average Bonchev–Trinajstić information content (AvgIpc) is 2.70. The molecule has 2 rings (SSSR count). The van der Waals surface area contributed by atoms with Crippen molar-refractivity contribution < 1.29 is 14.3 Å². The number of nitrogens with zero attached hydrogens (tertiary/aromatic N) is 1. The summed E-state index contributed by atoms with van der Waals surface area (Å²) in [5.41, 5.74) is 2.04. The Morgan fingerprint density at radius 2 is 2.10 bits per heavy atom. The van der Waals surface area contributed by atoms with Crippen LogP contribution in [-0.2, 0) is 11.3 Å². The molecule has 1 heterocycles. The van der Waals surface area contributed by atoms with Gasteiger partial charge in [0.15, 0.2) is 0 Å². The minimum atomic E-state index is -0.760. The normalized spacial score (nSPS) is 13.0. The number of carboxylic acid groups (broad SMARTS) is 1. The van der Waals surface area contributed by atoms with Gasteiger partial charge in [-0.25, -0.2) is 0 Å². The van der Waals surface area contributed by atoms with Gasteiger partial charge in [-0.05, 0) is 26.5 Å². The highest BCUT2D eigenvalue weighted by molar-refractivity contribution is 5.82. The van der Waals surface area contributed by atoms with Crippen molar-refractivity contribution in [1.82, 2.24) is 4.90 Å². The number of aryl methyl sites for hydroxylation is 1. The van der Waals surface area contributed by atoms with Gasteiger partial charge in [0.05, 0.1) is 6.42 Å². The van der Waals surface area contributed by atoms with Crippen LogP contribution in [0.5, 0.6) is 0 Å². The first-order chi connectivity index (χ1) is 9.52. The van der Waals surface area contributed by atoms with Crippen LogP contribution in [0.3, 0.4) is 0 Å². The van der Waals surface area contributed by atoms with Crippen LogP contribution < -0.4 is 0 Å². The number of carboxylic acids is 1. The van der Waals surface area contributed by atoms with E-state index in [2.05, 4.69) is 17.9 Å². The van der Waals surface area contributed by atoms with Gasteiger partial charge in [0.1, 0.15) is 11.3 Å². The molecule has 1 N–H and O–H groups in total. The third-order valence-corrected chi connectivity index (χ3v) is 3.76. The zero-order valence-electron chi connectivity index (χ0n) is 12.2. The molecule has 1 unspecified atom stereocenters. The van der Waals surface area contributed by atoms with E-state index < -0.39 is 5.97 Å². The molecule has 0 aliphatic heterocycles. The zero-order valence-corrected chi connectivity index (χ0v) is 12.2. The number of aliphatic carboxylic acids is 1. The van der Waals surface area contributed by atoms with Gasteiger partial charge in [0.2, 0.25) is 0 Å². The minimum absolute atomic E-state index is 0.00515. The Bertz CT molecular complexity index is 603. The number of hydrogen-bond acceptors (Lipinski definition) is 3. The molecular formula is C16H21NO3. The van der Waals surface area contributed by atoms with Crippen molar-refractivity contribution >= 4 is 16.9 Å². The lowest BCUT2D eigenvalue weighted by Crippen LogP contribution is -2.34. The molecule has 0 amide bonds. The Kier molecular flexibility index (Phi) is 4.45. The number of rotatable bonds is 6. The van der Waals surface area contributed by atoms with Gasteiger partial charge in [0.25, 0.3) is 0 Å². The van der Waals surface area contributed by atoms with E-state index in [9.17, 15) is 4.79 Å².